The molecule has 1 aliphatic rings. The number of ether oxygens (including phenoxy) is 1. The molecule has 170 valence electrons. The molecule has 1 rings (SSSR count). The lowest BCUT2D eigenvalue weighted by molar-refractivity contribution is -0.168. The first-order valence-electron chi connectivity index (χ1n) is 11.8. The Labute approximate surface area is 179 Å². The first-order valence-corrected chi connectivity index (χ1v) is 11.8. The topological polar surface area (TPSA) is 58.6 Å². The van der Waals surface area contributed by atoms with E-state index < -0.39 is 11.6 Å². The van der Waals surface area contributed by atoms with Crippen molar-refractivity contribution < 1.29 is 14.3 Å². The van der Waals surface area contributed by atoms with E-state index in [1.165, 1.54) is 25.7 Å². The van der Waals surface area contributed by atoms with Crippen molar-refractivity contribution in [2.75, 3.05) is 6.54 Å². The van der Waals surface area contributed by atoms with Gasteiger partial charge in [0.2, 0.25) is 5.91 Å². The molecule has 1 atom stereocenters. The number of hydrazine groups is 1. The molecule has 1 N–H and O–H groups in total. The van der Waals surface area contributed by atoms with E-state index in [0.29, 0.717) is 31.2 Å². The summed E-state index contributed by atoms with van der Waals surface area (Å²) in [6.07, 6.45) is 9.28. The molecule has 0 unspecified atom stereocenters. The van der Waals surface area contributed by atoms with Crippen LogP contribution in [0, 0.1) is 17.8 Å². The molecule has 1 amide bonds. The lowest BCUT2D eigenvalue weighted by Gasteiger charge is -2.34. The number of carbonyl (C=O) groups is 2. The number of nitrogens with one attached hydrogen (secondary N) is 1. The van der Waals surface area contributed by atoms with Crippen molar-refractivity contribution >= 4 is 11.9 Å². The molecule has 0 saturated heterocycles. The van der Waals surface area contributed by atoms with Gasteiger partial charge in [-0.15, -0.1) is 0 Å². The molecule has 0 aromatic rings. The molecular weight excluding hydrogens is 364 g/mol. The summed E-state index contributed by atoms with van der Waals surface area (Å²) in [5.74, 6) is 1.32. The van der Waals surface area contributed by atoms with E-state index >= 15 is 0 Å². The zero-order valence-corrected chi connectivity index (χ0v) is 20.1. The second-order valence-electron chi connectivity index (χ2n) is 10.6. The van der Waals surface area contributed by atoms with Gasteiger partial charge in [0.25, 0.3) is 0 Å². The molecule has 0 aromatic carbocycles. The van der Waals surface area contributed by atoms with Gasteiger partial charge in [-0.3, -0.25) is 9.80 Å². The number of esters is 1. The van der Waals surface area contributed by atoms with Crippen molar-refractivity contribution in [1.29, 1.82) is 0 Å². The van der Waals surface area contributed by atoms with Gasteiger partial charge >= 0.3 is 5.97 Å². The molecule has 1 fully saturated rings. The highest BCUT2D eigenvalue weighted by Crippen LogP contribution is 2.29. The van der Waals surface area contributed by atoms with Crippen molar-refractivity contribution in [3.8, 4) is 0 Å². The summed E-state index contributed by atoms with van der Waals surface area (Å²) in [4.78, 5) is 26.1. The van der Waals surface area contributed by atoms with Crippen LogP contribution in [-0.2, 0) is 14.3 Å². The molecule has 0 heterocycles. The SMILES string of the molecule is CC(C)CCC(=O)N(NCC(C)C)[C@H](CCCC1CCCC1)C(=O)OC(C)(C)C. The van der Waals surface area contributed by atoms with E-state index in [1.807, 2.05) is 20.8 Å². The Balaban J connectivity index is 2.90. The smallest absolute Gasteiger partial charge is 0.331 e. The maximum atomic E-state index is 13.1. The fourth-order valence-corrected chi connectivity index (χ4v) is 3.81. The van der Waals surface area contributed by atoms with Gasteiger partial charge < -0.3 is 4.74 Å². The predicted molar refractivity (Wildman–Crippen MR) is 119 cm³/mol. The minimum absolute atomic E-state index is 0.00363. The van der Waals surface area contributed by atoms with Crippen LogP contribution in [0.4, 0.5) is 0 Å². The zero-order chi connectivity index (χ0) is 22.0. The summed E-state index contributed by atoms with van der Waals surface area (Å²) in [5.41, 5.74) is 2.71. The van der Waals surface area contributed by atoms with Crippen molar-refractivity contribution in [2.24, 2.45) is 17.8 Å². The van der Waals surface area contributed by atoms with E-state index in [1.54, 1.807) is 5.01 Å². The Morgan fingerprint density at radius 1 is 1.03 bits per heavy atom. The Morgan fingerprint density at radius 3 is 2.17 bits per heavy atom. The van der Waals surface area contributed by atoms with Crippen LogP contribution in [0.5, 0.6) is 0 Å². The average Bonchev–Trinajstić information content (AvgIpc) is 3.10. The van der Waals surface area contributed by atoms with Crippen molar-refractivity contribution in [2.45, 2.75) is 118 Å². The van der Waals surface area contributed by atoms with E-state index in [2.05, 4.69) is 33.1 Å². The summed E-state index contributed by atoms with van der Waals surface area (Å²) in [7, 11) is 0. The summed E-state index contributed by atoms with van der Waals surface area (Å²) in [6, 6.07) is -0.561. The van der Waals surface area contributed by atoms with Gasteiger partial charge in [-0.2, -0.15) is 0 Å². The van der Waals surface area contributed by atoms with Gasteiger partial charge in [0, 0.05) is 13.0 Å². The standard InChI is InChI=1S/C24H46N2O3/c1-18(2)15-16-22(27)26(25-17-19(3)4)21(23(28)29-24(5,6)7)14-10-13-20-11-8-9-12-20/h18-21,25H,8-17H2,1-7H3/t21-/m1/s1. The highest BCUT2D eigenvalue weighted by molar-refractivity contribution is 5.84. The normalized spacial score (nSPS) is 16.4. The molecular formula is C24H46N2O3. The third kappa shape index (κ3) is 11.0. The lowest BCUT2D eigenvalue weighted by Crippen LogP contribution is -2.55. The minimum atomic E-state index is -0.564. The van der Waals surface area contributed by atoms with Crippen LogP contribution in [0.1, 0.15) is 106 Å². The molecule has 0 aromatic heterocycles. The van der Waals surface area contributed by atoms with E-state index in [0.717, 1.165) is 25.2 Å². The molecule has 1 aliphatic carbocycles. The second-order valence-corrected chi connectivity index (χ2v) is 10.6. The fourth-order valence-electron chi connectivity index (χ4n) is 3.81. The van der Waals surface area contributed by atoms with Gasteiger partial charge in [-0.25, -0.2) is 10.2 Å². The minimum Gasteiger partial charge on any atom is -0.458 e. The molecule has 5 heteroatoms. The van der Waals surface area contributed by atoms with Crippen molar-refractivity contribution in [3.63, 3.8) is 0 Å². The quantitative estimate of drug-likeness (QED) is 0.342. The van der Waals surface area contributed by atoms with Crippen LogP contribution in [0.2, 0.25) is 0 Å². The summed E-state index contributed by atoms with van der Waals surface area (Å²) in [5, 5.41) is 1.60. The fraction of sp³-hybridized carbons (Fsp3) is 0.917. The summed E-state index contributed by atoms with van der Waals surface area (Å²) in [6.45, 7) is 14.7. The van der Waals surface area contributed by atoms with Gasteiger partial charge in [0.1, 0.15) is 11.6 Å². The number of amides is 1. The zero-order valence-electron chi connectivity index (χ0n) is 20.1. The van der Waals surface area contributed by atoms with E-state index in [9.17, 15) is 9.59 Å². The number of hydrogen-bond acceptors (Lipinski definition) is 4. The van der Waals surface area contributed by atoms with Crippen LogP contribution < -0.4 is 5.43 Å². The van der Waals surface area contributed by atoms with E-state index in [-0.39, 0.29) is 11.9 Å². The number of hydrogen-bond donors (Lipinski definition) is 1. The maximum absolute atomic E-state index is 13.1. The Hall–Kier alpha value is -1.10. The average molecular weight is 411 g/mol. The molecule has 0 bridgehead atoms. The monoisotopic (exact) mass is 410 g/mol. The summed E-state index contributed by atoms with van der Waals surface area (Å²) < 4.78 is 5.71. The number of nitrogens with zero attached hydrogens (tertiary/aromatic N) is 1. The first kappa shape index (κ1) is 25.9. The molecule has 0 aliphatic heterocycles. The number of carbonyl (C=O) groups excluding carboxylic acids is 2. The molecule has 0 spiro atoms. The second kappa shape index (κ2) is 12.6. The van der Waals surface area contributed by atoms with Crippen LogP contribution in [-0.4, -0.2) is 35.1 Å². The Morgan fingerprint density at radius 2 is 1.66 bits per heavy atom. The van der Waals surface area contributed by atoms with Crippen LogP contribution in [0.3, 0.4) is 0 Å². The Bertz CT molecular complexity index is 491. The third-order valence-corrected chi connectivity index (χ3v) is 5.43. The van der Waals surface area contributed by atoms with Gasteiger partial charge in [0.15, 0.2) is 0 Å². The number of rotatable bonds is 12. The van der Waals surface area contributed by atoms with Crippen LogP contribution in [0.15, 0.2) is 0 Å². The van der Waals surface area contributed by atoms with Crippen LogP contribution in [0.25, 0.3) is 0 Å². The molecule has 29 heavy (non-hydrogen) atoms. The van der Waals surface area contributed by atoms with Crippen LogP contribution >= 0.6 is 0 Å². The molecule has 1 saturated carbocycles. The highest BCUT2D eigenvalue weighted by Gasteiger charge is 2.33. The van der Waals surface area contributed by atoms with Crippen molar-refractivity contribution in [3.05, 3.63) is 0 Å². The largest absolute Gasteiger partial charge is 0.458 e. The summed E-state index contributed by atoms with van der Waals surface area (Å²) >= 11 is 0. The molecule has 5 nitrogen and oxygen atoms in total. The molecule has 0 radical (unpaired) electrons. The van der Waals surface area contributed by atoms with Gasteiger partial charge in [0.05, 0.1) is 0 Å². The van der Waals surface area contributed by atoms with E-state index in [4.69, 9.17) is 4.74 Å². The third-order valence-electron chi connectivity index (χ3n) is 5.43. The predicted octanol–water partition coefficient (Wildman–Crippen LogP) is 5.48. The Kier molecular flexibility index (Phi) is 11.2. The van der Waals surface area contributed by atoms with Gasteiger partial charge in [-0.1, -0.05) is 66.2 Å². The van der Waals surface area contributed by atoms with Crippen molar-refractivity contribution in [1.82, 2.24) is 10.4 Å². The first-order chi connectivity index (χ1) is 13.5. The lowest BCUT2D eigenvalue weighted by atomic mass is 9.98. The van der Waals surface area contributed by atoms with Gasteiger partial charge in [-0.05, 0) is 51.4 Å². The highest BCUT2D eigenvalue weighted by atomic mass is 16.6. The maximum Gasteiger partial charge on any atom is 0.331 e.